The highest BCUT2D eigenvalue weighted by Crippen LogP contribution is 2.28. The van der Waals surface area contributed by atoms with Crippen molar-refractivity contribution in [2.24, 2.45) is 0 Å². The molecule has 100 valence electrons. The minimum atomic E-state index is 0.748. The van der Waals surface area contributed by atoms with Crippen molar-refractivity contribution >= 4 is 28.9 Å². The number of halogens is 2. The molecule has 0 saturated carbocycles. The Morgan fingerprint density at radius 2 is 1.89 bits per heavy atom. The molecule has 0 radical (unpaired) electrons. The molecule has 0 atom stereocenters. The Labute approximate surface area is 119 Å². The first-order valence-electron chi connectivity index (χ1n) is 6.58. The molecular formula is C14H20Cl2N2. The molecule has 1 heterocycles. The normalized spacial score (nSPS) is 16.2. The summed E-state index contributed by atoms with van der Waals surface area (Å²) in [5, 5.41) is 4.88. The van der Waals surface area contributed by atoms with Crippen LogP contribution in [0.5, 0.6) is 0 Å². The number of nitrogens with one attached hydrogen (secondary N) is 1. The van der Waals surface area contributed by atoms with Crippen LogP contribution in [0.2, 0.25) is 10.0 Å². The van der Waals surface area contributed by atoms with Gasteiger partial charge in [-0.1, -0.05) is 23.2 Å². The van der Waals surface area contributed by atoms with Crippen molar-refractivity contribution in [1.29, 1.82) is 0 Å². The van der Waals surface area contributed by atoms with Crippen LogP contribution < -0.4 is 5.32 Å². The van der Waals surface area contributed by atoms with Crippen LogP contribution in [-0.4, -0.2) is 31.1 Å². The molecule has 0 aliphatic carbocycles. The zero-order chi connectivity index (χ0) is 13.0. The van der Waals surface area contributed by atoms with Crippen molar-refractivity contribution in [3.8, 4) is 0 Å². The summed E-state index contributed by atoms with van der Waals surface area (Å²) in [5.41, 5.74) is 1.96. The van der Waals surface area contributed by atoms with Gasteiger partial charge in [0.25, 0.3) is 0 Å². The van der Waals surface area contributed by atoms with E-state index in [0.29, 0.717) is 0 Å². The van der Waals surface area contributed by atoms with Crippen molar-refractivity contribution in [1.82, 2.24) is 4.90 Å². The Kier molecular flexibility index (Phi) is 5.16. The number of benzene rings is 1. The molecule has 4 heteroatoms. The maximum Gasteiger partial charge on any atom is 0.0641 e. The highest BCUT2D eigenvalue weighted by molar-refractivity contribution is 6.35. The fourth-order valence-corrected chi connectivity index (χ4v) is 2.76. The highest BCUT2D eigenvalue weighted by atomic mass is 35.5. The van der Waals surface area contributed by atoms with Crippen LogP contribution in [0.4, 0.5) is 5.69 Å². The average Bonchev–Trinajstić information content (AvgIpc) is 2.84. The number of likely N-dealkylation sites (tertiary alicyclic amines) is 1. The monoisotopic (exact) mass is 286 g/mol. The second kappa shape index (κ2) is 6.65. The molecule has 1 aromatic rings. The van der Waals surface area contributed by atoms with Crippen molar-refractivity contribution in [3.63, 3.8) is 0 Å². The number of hydrogen-bond acceptors (Lipinski definition) is 2. The van der Waals surface area contributed by atoms with E-state index in [9.17, 15) is 0 Å². The van der Waals surface area contributed by atoms with Crippen LogP contribution in [0, 0.1) is 6.92 Å². The lowest BCUT2D eigenvalue weighted by atomic mass is 10.2. The molecule has 1 saturated heterocycles. The predicted octanol–water partition coefficient (Wildman–Crippen LogP) is 4.20. The molecule has 1 fully saturated rings. The summed E-state index contributed by atoms with van der Waals surface area (Å²) in [7, 11) is 0. The Hall–Kier alpha value is -0.440. The lowest BCUT2D eigenvalue weighted by Crippen LogP contribution is -2.22. The highest BCUT2D eigenvalue weighted by Gasteiger charge is 2.10. The molecule has 2 rings (SSSR count). The van der Waals surface area contributed by atoms with E-state index in [2.05, 4.69) is 10.2 Å². The maximum absolute atomic E-state index is 6.18. The van der Waals surface area contributed by atoms with Crippen LogP contribution in [0.15, 0.2) is 12.1 Å². The summed E-state index contributed by atoms with van der Waals surface area (Å²) in [4.78, 5) is 2.52. The molecule has 0 aromatic heterocycles. The fourth-order valence-electron chi connectivity index (χ4n) is 2.31. The third-order valence-electron chi connectivity index (χ3n) is 3.41. The summed E-state index contributed by atoms with van der Waals surface area (Å²) in [6.07, 6.45) is 3.85. The number of nitrogens with zero attached hydrogens (tertiary/aromatic N) is 1. The van der Waals surface area contributed by atoms with Crippen LogP contribution in [-0.2, 0) is 0 Å². The van der Waals surface area contributed by atoms with Crippen molar-refractivity contribution in [3.05, 3.63) is 27.7 Å². The molecule has 1 aliphatic rings. The molecule has 0 amide bonds. The van der Waals surface area contributed by atoms with E-state index in [1.54, 1.807) is 0 Å². The molecule has 0 unspecified atom stereocenters. The van der Waals surface area contributed by atoms with Gasteiger partial charge in [-0.3, -0.25) is 0 Å². The van der Waals surface area contributed by atoms with E-state index in [1.807, 2.05) is 19.1 Å². The van der Waals surface area contributed by atoms with E-state index in [1.165, 1.54) is 32.5 Å². The maximum atomic E-state index is 6.18. The van der Waals surface area contributed by atoms with Gasteiger partial charge in [0.2, 0.25) is 0 Å². The largest absolute Gasteiger partial charge is 0.384 e. The van der Waals surface area contributed by atoms with Crippen molar-refractivity contribution < 1.29 is 0 Å². The lowest BCUT2D eigenvalue weighted by Gasteiger charge is -2.15. The number of anilines is 1. The summed E-state index contributed by atoms with van der Waals surface area (Å²) in [5.74, 6) is 0. The topological polar surface area (TPSA) is 15.3 Å². The Balaban J connectivity index is 1.77. The summed E-state index contributed by atoms with van der Waals surface area (Å²) < 4.78 is 0. The van der Waals surface area contributed by atoms with Crippen molar-refractivity contribution in [2.75, 3.05) is 31.5 Å². The zero-order valence-corrected chi connectivity index (χ0v) is 12.3. The van der Waals surface area contributed by atoms with Crippen LogP contribution in [0.1, 0.15) is 24.8 Å². The van der Waals surface area contributed by atoms with Gasteiger partial charge in [0.1, 0.15) is 0 Å². The Morgan fingerprint density at radius 3 is 2.61 bits per heavy atom. The van der Waals surface area contributed by atoms with Gasteiger partial charge < -0.3 is 10.2 Å². The van der Waals surface area contributed by atoms with Gasteiger partial charge in [0.05, 0.1) is 10.7 Å². The fraction of sp³-hybridized carbons (Fsp3) is 0.571. The standard InChI is InChI=1S/C14H20Cl2N2/c1-11-9-13(16)14(10-12(11)15)17-5-4-8-18-6-2-3-7-18/h9-10,17H,2-8H2,1H3. The molecule has 0 spiro atoms. The van der Waals surface area contributed by atoms with Crippen LogP contribution >= 0.6 is 23.2 Å². The summed E-state index contributed by atoms with van der Waals surface area (Å²) in [6.45, 7) is 6.60. The van der Waals surface area contributed by atoms with E-state index >= 15 is 0 Å². The van der Waals surface area contributed by atoms with Crippen LogP contribution in [0.3, 0.4) is 0 Å². The van der Waals surface area contributed by atoms with Gasteiger partial charge in [-0.05, 0) is 63.5 Å². The second-order valence-corrected chi connectivity index (χ2v) is 5.72. The summed E-state index contributed by atoms with van der Waals surface area (Å²) in [6, 6.07) is 3.82. The predicted molar refractivity (Wildman–Crippen MR) is 80.0 cm³/mol. The number of rotatable bonds is 5. The van der Waals surface area contributed by atoms with Gasteiger partial charge in [-0.15, -0.1) is 0 Å². The van der Waals surface area contributed by atoms with E-state index < -0.39 is 0 Å². The van der Waals surface area contributed by atoms with E-state index in [0.717, 1.165) is 34.3 Å². The van der Waals surface area contributed by atoms with Gasteiger partial charge in [-0.25, -0.2) is 0 Å². The first-order chi connectivity index (χ1) is 8.66. The van der Waals surface area contributed by atoms with E-state index in [-0.39, 0.29) is 0 Å². The first kappa shape index (κ1) is 14.0. The molecule has 1 aromatic carbocycles. The molecule has 2 nitrogen and oxygen atoms in total. The number of hydrogen-bond donors (Lipinski definition) is 1. The summed E-state index contributed by atoms with van der Waals surface area (Å²) >= 11 is 12.3. The van der Waals surface area contributed by atoms with Gasteiger partial charge in [0.15, 0.2) is 0 Å². The molecule has 1 N–H and O–H groups in total. The lowest BCUT2D eigenvalue weighted by molar-refractivity contribution is 0.337. The zero-order valence-electron chi connectivity index (χ0n) is 10.8. The molecular weight excluding hydrogens is 267 g/mol. The minimum Gasteiger partial charge on any atom is -0.384 e. The molecule has 1 aliphatic heterocycles. The minimum absolute atomic E-state index is 0.748. The van der Waals surface area contributed by atoms with Gasteiger partial charge in [0, 0.05) is 11.6 Å². The Morgan fingerprint density at radius 1 is 1.17 bits per heavy atom. The number of aryl methyl sites for hydroxylation is 1. The molecule has 0 bridgehead atoms. The quantitative estimate of drug-likeness (QED) is 0.816. The SMILES string of the molecule is Cc1cc(Cl)c(NCCCN2CCCC2)cc1Cl. The Bertz CT molecular complexity index is 401. The van der Waals surface area contributed by atoms with Gasteiger partial charge >= 0.3 is 0 Å². The average molecular weight is 287 g/mol. The second-order valence-electron chi connectivity index (χ2n) is 4.91. The third-order valence-corrected chi connectivity index (χ3v) is 4.13. The molecule has 18 heavy (non-hydrogen) atoms. The smallest absolute Gasteiger partial charge is 0.0641 e. The van der Waals surface area contributed by atoms with Crippen LogP contribution in [0.25, 0.3) is 0 Å². The van der Waals surface area contributed by atoms with E-state index in [4.69, 9.17) is 23.2 Å². The van der Waals surface area contributed by atoms with Crippen molar-refractivity contribution in [2.45, 2.75) is 26.2 Å². The van der Waals surface area contributed by atoms with Gasteiger partial charge in [-0.2, -0.15) is 0 Å². The third kappa shape index (κ3) is 3.78. The first-order valence-corrected chi connectivity index (χ1v) is 7.34.